The van der Waals surface area contributed by atoms with Crippen molar-refractivity contribution in [3.63, 3.8) is 0 Å². The van der Waals surface area contributed by atoms with Gasteiger partial charge in [-0.15, -0.1) is 0 Å². The van der Waals surface area contributed by atoms with Crippen LogP contribution in [0.25, 0.3) is 0 Å². The average Bonchev–Trinajstić information content (AvgIpc) is 2.35. The van der Waals surface area contributed by atoms with E-state index in [0.717, 1.165) is 0 Å². The van der Waals surface area contributed by atoms with E-state index in [2.05, 4.69) is 4.74 Å². The predicted molar refractivity (Wildman–Crippen MR) is 41.0 cm³/mol. The number of ether oxygens (including phenoxy) is 1. The van der Waals surface area contributed by atoms with Gasteiger partial charge in [-0.1, -0.05) is 0 Å². The van der Waals surface area contributed by atoms with Gasteiger partial charge in [-0.3, -0.25) is 0 Å². The number of allylic oxidation sites excluding steroid dienone is 1. The molecule has 1 rings (SSSR count). The summed E-state index contributed by atoms with van der Waals surface area (Å²) in [5.41, 5.74) is 0. The highest BCUT2D eigenvalue weighted by molar-refractivity contribution is 5.86. The second-order valence-electron chi connectivity index (χ2n) is 2.55. The van der Waals surface area contributed by atoms with Crippen molar-refractivity contribution < 1.29 is 19.7 Å². The summed E-state index contributed by atoms with van der Waals surface area (Å²) in [4.78, 5) is 10.5. The van der Waals surface area contributed by atoms with Crippen LogP contribution in [0.2, 0.25) is 0 Å². The van der Waals surface area contributed by atoms with E-state index >= 15 is 0 Å². The van der Waals surface area contributed by atoms with Gasteiger partial charge in [0.15, 0.2) is 0 Å². The molecule has 4 heteroatoms. The summed E-state index contributed by atoms with van der Waals surface area (Å²) in [6, 6.07) is 0. The van der Waals surface area contributed by atoms with Gasteiger partial charge in [-0.25, -0.2) is 4.79 Å². The fourth-order valence-corrected chi connectivity index (χ4v) is 0.732. The molecule has 0 aromatic rings. The molecule has 12 heavy (non-hydrogen) atoms. The fourth-order valence-electron chi connectivity index (χ4n) is 0.732. The van der Waals surface area contributed by atoms with Gasteiger partial charge in [-0.2, -0.15) is 0 Å². The Labute approximate surface area is 69.8 Å². The van der Waals surface area contributed by atoms with Gasteiger partial charge in [-0.05, 0) is 19.1 Å². The minimum absolute atomic E-state index is 0.272. The van der Waals surface area contributed by atoms with Gasteiger partial charge in [0.25, 0.3) is 0 Å². The van der Waals surface area contributed by atoms with E-state index in [1.807, 2.05) is 0 Å². The van der Waals surface area contributed by atoms with Gasteiger partial charge in [0, 0.05) is 6.08 Å². The zero-order valence-electron chi connectivity index (χ0n) is 6.60. The van der Waals surface area contributed by atoms with Crippen molar-refractivity contribution in [3.05, 3.63) is 24.0 Å². The highest BCUT2D eigenvalue weighted by Crippen LogP contribution is 2.10. The molecule has 0 amide bonds. The van der Waals surface area contributed by atoms with Gasteiger partial charge in [0.1, 0.15) is 11.9 Å². The first-order valence-electron chi connectivity index (χ1n) is 3.57. The Bertz CT molecular complexity index is 239. The van der Waals surface area contributed by atoms with Crippen LogP contribution in [0.5, 0.6) is 0 Å². The standard InChI is InChI=1S/C8H10O4/c1-5(9)7(10)4-6-2-3-8(11)12-6/h2-5,7,9-10H,1H3/b6-4-/t5-,7-/m1/s1. The van der Waals surface area contributed by atoms with Crippen LogP contribution in [0, 0.1) is 0 Å². The van der Waals surface area contributed by atoms with E-state index in [1.165, 1.54) is 25.2 Å². The lowest BCUT2D eigenvalue weighted by Crippen LogP contribution is -2.20. The quantitative estimate of drug-likeness (QED) is 0.559. The van der Waals surface area contributed by atoms with E-state index < -0.39 is 18.2 Å². The molecular formula is C8H10O4. The van der Waals surface area contributed by atoms with Crippen molar-refractivity contribution in [2.24, 2.45) is 0 Å². The molecule has 2 N–H and O–H groups in total. The third-order valence-electron chi connectivity index (χ3n) is 1.43. The van der Waals surface area contributed by atoms with E-state index in [0.29, 0.717) is 0 Å². The predicted octanol–water partition coefficient (Wildman–Crippen LogP) is -0.275. The number of aliphatic hydroxyl groups is 2. The van der Waals surface area contributed by atoms with Gasteiger partial charge in [0.2, 0.25) is 0 Å². The molecule has 1 aliphatic heterocycles. The summed E-state index contributed by atoms with van der Waals surface area (Å²) in [5, 5.41) is 18.0. The summed E-state index contributed by atoms with van der Waals surface area (Å²) >= 11 is 0. The van der Waals surface area contributed by atoms with Crippen LogP contribution < -0.4 is 0 Å². The Morgan fingerprint density at radius 2 is 2.17 bits per heavy atom. The lowest BCUT2D eigenvalue weighted by molar-refractivity contribution is -0.132. The Morgan fingerprint density at radius 1 is 1.50 bits per heavy atom. The van der Waals surface area contributed by atoms with Crippen LogP contribution in [-0.2, 0) is 9.53 Å². The molecule has 4 nitrogen and oxygen atoms in total. The number of aliphatic hydroxyl groups excluding tert-OH is 2. The van der Waals surface area contributed by atoms with Crippen molar-refractivity contribution in [3.8, 4) is 0 Å². The number of rotatable bonds is 2. The van der Waals surface area contributed by atoms with E-state index in [1.54, 1.807) is 0 Å². The largest absolute Gasteiger partial charge is 0.424 e. The summed E-state index contributed by atoms with van der Waals surface area (Å²) in [5.74, 6) is -0.188. The van der Waals surface area contributed by atoms with Crippen LogP contribution in [0.15, 0.2) is 24.0 Å². The highest BCUT2D eigenvalue weighted by atomic mass is 16.5. The molecule has 0 unspecified atom stereocenters. The Balaban J connectivity index is 2.59. The first-order valence-corrected chi connectivity index (χ1v) is 3.57. The van der Waals surface area contributed by atoms with E-state index in [9.17, 15) is 4.79 Å². The van der Waals surface area contributed by atoms with Gasteiger partial charge in [0.05, 0.1) is 6.10 Å². The summed E-state index contributed by atoms with van der Waals surface area (Å²) in [7, 11) is 0. The van der Waals surface area contributed by atoms with Crippen LogP contribution in [-0.4, -0.2) is 28.4 Å². The molecule has 66 valence electrons. The molecule has 2 atom stereocenters. The number of esters is 1. The van der Waals surface area contributed by atoms with Crippen LogP contribution in [0.3, 0.4) is 0 Å². The Kier molecular flexibility index (Phi) is 2.62. The SMILES string of the molecule is C[C@@H](O)[C@H](O)/C=C1/C=CC(=O)O1. The molecule has 0 aliphatic carbocycles. The molecule has 0 aromatic heterocycles. The third kappa shape index (κ3) is 2.18. The number of hydrogen-bond donors (Lipinski definition) is 2. The van der Waals surface area contributed by atoms with Crippen LogP contribution in [0.4, 0.5) is 0 Å². The maximum Gasteiger partial charge on any atom is 0.336 e. The van der Waals surface area contributed by atoms with Crippen molar-refractivity contribution >= 4 is 5.97 Å². The number of hydrogen-bond acceptors (Lipinski definition) is 4. The van der Waals surface area contributed by atoms with Crippen LogP contribution >= 0.6 is 0 Å². The number of cyclic esters (lactones) is 1. The Morgan fingerprint density at radius 3 is 2.58 bits per heavy atom. The molecule has 0 fully saturated rings. The second kappa shape index (κ2) is 3.51. The zero-order valence-corrected chi connectivity index (χ0v) is 6.60. The average molecular weight is 170 g/mol. The van der Waals surface area contributed by atoms with E-state index in [4.69, 9.17) is 10.2 Å². The number of carbonyl (C=O) groups is 1. The second-order valence-corrected chi connectivity index (χ2v) is 2.55. The van der Waals surface area contributed by atoms with Crippen molar-refractivity contribution in [1.82, 2.24) is 0 Å². The van der Waals surface area contributed by atoms with E-state index in [-0.39, 0.29) is 5.76 Å². The fraction of sp³-hybridized carbons (Fsp3) is 0.375. The minimum atomic E-state index is -1.00. The minimum Gasteiger partial charge on any atom is -0.424 e. The summed E-state index contributed by atoms with van der Waals surface area (Å²) in [6.45, 7) is 1.45. The first kappa shape index (κ1) is 8.96. The zero-order chi connectivity index (χ0) is 9.14. The maximum atomic E-state index is 10.5. The molecule has 0 aromatic carbocycles. The molecule has 1 heterocycles. The molecule has 0 spiro atoms. The lowest BCUT2D eigenvalue weighted by Gasteiger charge is -2.08. The van der Waals surface area contributed by atoms with Crippen molar-refractivity contribution in [2.45, 2.75) is 19.1 Å². The van der Waals surface area contributed by atoms with Crippen molar-refractivity contribution in [1.29, 1.82) is 0 Å². The molecule has 0 saturated carbocycles. The molecule has 0 bridgehead atoms. The van der Waals surface area contributed by atoms with Gasteiger partial charge >= 0.3 is 5.97 Å². The topological polar surface area (TPSA) is 66.8 Å². The first-order chi connectivity index (χ1) is 5.59. The number of carbonyl (C=O) groups excluding carboxylic acids is 1. The maximum absolute atomic E-state index is 10.5. The summed E-state index contributed by atoms with van der Waals surface area (Å²) < 4.78 is 4.62. The molecule has 0 saturated heterocycles. The molecule has 0 radical (unpaired) electrons. The van der Waals surface area contributed by atoms with Crippen molar-refractivity contribution in [2.75, 3.05) is 0 Å². The normalized spacial score (nSPS) is 24.2. The van der Waals surface area contributed by atoms with Crippen LogP contribution in [0.1, 0.15) is 6.92 Å². The molecular weight excluding hydrogens is 160 g/mol. The Hall–Kier alpha value is -1.13. The lowest BCUT2D eigenvalue weighted by atomic mass is 10.2. The molecule has 1 aliphatic rings. The summed E-state index contributed by atoms with van der Waals surface area (Å²) in [6.07, 6.45) is 2.10. The third-order valence-corrected chi connectivity index (χ3v) is 1.43. The highest BCUT2D eigenvalue weighted by Gasteiger charge is 2.13. The monoisotopic (exact) mass is 170 g/mol. The van der Waals surface area contributed by atoms with Gasteiger partial charge < -0.3 is 14.9 Å². The smallest absolute Gasteiger partial charge is 0.336 e.